The Morgan fingerprint density at radius 2 is 2.00 bits per heavy atom. The number of hydrogen-bond donors (Lipinski definition) is 3. The molecule has 0 aliphatic heterocycles. The van der Waals surface area contributed by atoms with Gasteiger partial charge in [-0.2, -0.15) is 0 Å². The number of hydrogen-bond acceptors (Lipinski definition) is 6. The highest BCUT2D eigenvalue weighted by molar-refractivity contribution is 7.89. The normalized spacial score (nSPS) is 11.4. The molecule has 0 aliphatic rings. The van der Waals surface area contributed by atoms with Crippen molar-refractivity contribution in [3.05, 3.63) is 40.8 Å². The van der Waals surface area contributed by atoms with Crippen molar-refractivity contribution in [3.63, 3.8) is 0 Å². The van der Waals surface area contributed by atoms with Gasteiger partial charge in [0.2, 0.25) is 10.0 Å². The average molecular weight is 298 g/mol. The smallest absolute Gasteiger partial charge is 0.240 e. The topological polar surface area (TPSA) is 97.1 Å². The van der Waals surface area contributed by atoms with Gasteiger partial charge in [0.15, 0.2) is 0 Å². The molecule has 1 aromatic heterocycles. The Morgan fingerprint density at radius 3 is 2.58 bits per heavy atom. The van der Waals surface area contributed by atoms with Crippen molar-refractivity contribution in [1.29, 1.82) is 0 Å². The van der Waals surface area contributed by atoms with Gasteiger partial charge in [0.1, 0.15) is 0 Å². The van der Waals surface area contributed by atoms with Crippen molar-refractivity contribution in [2.45, 2.75) is 11.3 Å². The maximum atomic E-state index is 12.0. The van der Waals surface area contributed by atoms with Crippen LogP contribution in [0.3, 0.4) is 0 Å². The van der Waals surface area contributed by atoms with E-state index in [0.29, 0.717) is 18.7 Å². The fourth-order valence-electron chi connectivity index (χ4n) is 1.48. The zero-order valence-corrected chi connectivity index (χ0v) is 11.7. The van der Waals surface area contributed by atoms with Crippen molar-refractivity contribution >= 4 is 27.0 Å². The van der Waals surface area contributed by atoms with Crippen molar-refractivity contribution < 1.29 is 8.42 Å². The van der Waals surface area contributed by atoms with E-state index < -0.39 is 10.0 Å². The second-order valence-corrected chi connectivity index (χ2v) is 6.49. The van der Waals surface area contributed by atoms with E-state index in [-0.39, 0.29) is 4.90 Å². The molecule has 0 saturated carbocycles. The molecule has 0 bridgehead atoms. The number of nitrogen functional groups attached to an aromatic ring is 1. The van der Waals surface area contributed by atoms with Gasteiger partial charge in [-0.15, -0.1) is 11.3 Å². The summed E-state index contributed by atoms with van der Waals surface area (Å²) in [6.07, 6.45) is 2.28. The molecule has 0 spiro atoms. The fraction of sp³-hybridized carbons (Fsp3) is 0.182. The molecule has 2 rings (SSSR count). The number of hydrazine groups is 1. The highest BCUT2D eigenvalue weighted by Gasteiger charge is 2.13. The molecule has 102 valence electrons. The van der Waals surface area contributed by atoms with Gasteiger partial charge in [-0.25, -0.2) is 18.1 Å². The number of thiazole rings is 1. The van der Waals surface area contributed by atoms with Gasteiger partial charge >= 0.3 is 0 Å². The first kappa shape index (κ1) is 13.9. The van der Waals surface area contributed by atoms with E-state index in [9.17, 15) is 8.42 Å². The van der Waals surface area contributed by atoms with Gasteiger partial charge in [0.25, 0.3) is 0 Å². The standard InChI is InChI=1S/C11H14N4O2S2/c12-15-9-1-3-10(4-2-9)19(16,17)14-6-5-11-13-7-8-18-11/h1-4,7-8,14-15H,5-6,12H2. The average Bonchev–Trinajstić information content (AvgIpc) is 2.92. The lowest BCUT2D eigenvalue weighted by molar-refractivity contribution is 0.581. The van der Waals surface area contributed by atoms with Crippen LogP contribution >= 0.6 is 11.3 Å². The summed E-state index contributed by atoms with van der Waals surface area (Å²) in [7, 11) is -3.48. The Morgan fingerprint density at radius 1 is 1.26 bits per heavy atom. The van der Waals surface area contributed by atoms with Crippen LogP contribution in [0.1, 0.15) is 5.01 Å². The number of sulfonamides is 1. The summed E-state index contributed by atoms with van der Waals surface area (Å²) in [5, 5.41) is 2.77. The molecule has 19 heavy (non-hydrogen) atoms. The minimum absolute atomic E-state index is 0.214. The quantitative estimate of drug-likeness (QED) is 0.545. The maximum Gasteiger partial charge on any atom is 0.240 e. The predicted octanol–water partition coefficient (Wildman–Crippen LogP) is 0.950. The van der Waals surface area contributed by atoms with E-state index in [1.54, 1.807) is 18.3 Å². The Labute approximate surface area is 115 Å². The Bertz CT molecular complexity index is 609. The summed E-state index contributed by atoms with van der Waals surface area (Å²) in [6.45, 7) is 0.326. The van der Waals surface area contributed by atoms with Crippen LogP contribution in [0.2, 0.25) is 0 Å². The predicted molar refractivity (Wildman–Crippen MR) is 75.3 cm³/mol. The van der Waals surface area contributed by atoms with Crippen LogP contribution in [0.4, 0.5) is 5.69 Å². The van der Waals surface area contributed by atoms with Gasteiger partial charge < -0.3 is 5.43 Å². The number of nitrogens with one attached hydrogen (secondary N) is 2. The fourth-order valence-corrected chi connectivity index (χ4v) is 3.13. The van der Waals surface area contributed by atoms with Crippen LogP contribution in [0.5, 0.6) is 0 Å². The molecule has 0 unspecified atom stereocenters. The third-order valence-corrected chi connectivity index (χ3v) is 4.76. The van der Waals surface area contributed by atoms with Crippen molar-refractivity contribution in [2.24, 2.45) is 5.84 Å². The molecule has 0 aliphatic carbocycles. The first-order valence-corrected chi connectivity index (χ1v) is 7.93. The molecule has 0 radical (unpaired) electrons. The first-order valence-electron chi connectivity index (χ1n) is 5.56. The number of anilines is 1. The van der Waals surface area contributed by atoms with Crippen LogP contribution < -0.4 is 16.0 Å². The number of rotatable bonds is 6. The summed E-state index contributed by atoms with van der Waals surface area (Å²) in [4.78, 5) is 4.31. The molecule has 1 aromatic carbocycles. The largest absolute Gasteiger partial charge is 0.324 e. The summed E-state index contributed by atoms with van der Waals surface area (Å²) in [5.41, 5.74) is 3.10. The van der Waals surface area contributed by atoms with Gasteiger partial charge in [-0.1, -0.05) is 0 Å². The van der Waals surface area contributed by atoms with E-state index in [1.807, 2.05) is 5.38 Å². The molecule has 0 saturated heterocycles. The van der Waals surface area contributed by atoms with Crippen LogP contribution in [0, 0.1) is 0 Å². The summed E-state index contributed by atoms with van der Waals surface area (Å²) >= 11 is 1.51. The highest BCUT2D eigenvalue weighted by atomic mass is 32.2. The van der Waals surface area contributed by atoms with Crippen LogP contribution in [0.15, 0.2) is 40.7 Å². The van der Waals surface area contributed by atoms with Crippen LogP contribution in [-0.4, -0.2) is 19.9 Å². The first-order chi connectivity index (χ1) is 9.12. The monoisotopic (exact) mass is 298 g/mol. The SMILES string of the molecule is NNc1ccc(S(=O)(=O)NCCc2nccs2)cc1. The van der Waals surface area contributed by atoms with Crippen molar-refractivity contribution in [1.82, 2.24) is 9.71 Å². The van der Waals surface area contributed by atoms with E-state index in [1.165, 1.54) is 23.5 Å². The molecule has 4 N–H and O–H groups in total. The minimum Gasteiger partial charge on any atom is -0.324 e. The van der Waals surface area contributed by atoms with E-state index >= 15 is 0 Å². The Hall–Kier alpha value is -1.48. The number of benzene rings is 1. The second-order valence-electron chi connectivity index (χ2n) is 3.74. The zero-order valence-electron chi connectivity index (χ0n) is 10.0. The molecule has 1 heterocycles. The molecule has 0 fully saturated rings. The van der Waals surface area contributed by atoms with Gasteiger partial charge in [0.05, 0.1) is 9.90 Å². The van der Waals surface area contributed by atoms with Crippen LogP contribution in [-0.2, 0) is 16.4 Å². The van der Waals surface area contributed by atoms with Crippen LogP contribution in [0.25, 0.3) is 0 Å². The molecule has 8 heteroatoms. The molecule has 0 amide bonds. The molecular weight excluding hydrogens is 284 g/mol. The molecule has 2 aromatic rings. The maximum absolute atomic E-state index is 12.0. The third-order valence-electron chi connectivity index (χ3n) is 2.45. The van der Waals surface area contributed by atoms with Gasteiger partial charge in [-0.3, -0.25) is 5.84 Å². The summed E-state index contributed by atoms with van der Waals surface area (Å²) < 4.78 is 26.5. The van der Waals surface area contributed by atoms with Crippen molar-refractivity contribution in [2.75, 3.05) is 12.0 Å². The summed E-state index contributed by atoms with van der Waals surface area (Å²) in [6, 6.07) is 6.21. The van der Waals surface area contributed by atoms with Gasteiger partial charge in [0, 0.05) is 30.2 Å². The number of nitrogens with two attached hydrogens (primary N) is 1. The van der Waals surface area contributed by atoms with Crippen molar-refractivity contribution in [3.8, 4) is 0 Å². The lowest BCUT2D eigenvalue weighted by Gasteiger charge is -2.06. The Balaban J connectivity index is 1.97. The van der Waals surface area contributed by atoms with Gasteiger partial charge in [-0.05, 0) is 24.3 Å². The zero-order chi connectivity index (χ0) is 13.7. The van der Waals surface area contributed by atoms with E-state index in [0.717, 1.165) is 5.01 Å². The Kier molecular flexibility index (Phi) is 4.48. The number of nitrogens with zero attached hydrogens (tertiary/aromatic N) is 1. The second kappa shape index (κ2) is 6.11. The van der Waals surface area contributed by atoms with E-state index in [4.69, 9.17) is 5.84 Å². The molecule has 0 atom stereocenters. The molecular formula is C11H14N4O2S2. The third kappa shape index (κ3) is 3.74. The lowest BCUT2D eigenvalue weighted by Crippen LogP contribution is -2.26. The van der Waals surface area contributed by atoms with E-state index in [2.05, 4.69) is 15.1 Å². The summed E-state index contributed by atoms with van der Waals surface area (Å²) in [5.74, 6) is 5.22. The molecule has 6 nitrogen and oxygen atoms in total. The highest BCUT2D eigenvalue weighted by Crippen LogP contribution is 2.13. The lowest BCUT2D eigenvalue weighted by atomic mass is 10.3. The minimum atomic E-state index is -3.48. The number of aromatic nitrogens is 1.